The van der Waals surface area contributed by atoms with Crippen molar-refractivity contribution in [1.29, 1.82) is 0 Å². The standard InChI is InChI=1S/C15H17BrN2O/c1-3-6-18-7-4-5-14(18)15(19)17-13-9-11(2)8-12(16)10-13/h4-5,7-10H,3,6H2,1-2H3,(H,17,19). The zero-order valence-corrected chi connectivity index (χ0v) is 12.7. The fourth-order valence-electron chi connectivity index (χ4n) is 2.06. The number of amides is 1. The maximum atomic E-state index is 12.2. The van der Waals surface area contributed by atoms with Gasteiger partial charge in [-0.15, -0.1) is 0 Å². The van der Waals surface area contributed by atoms with Crippen LogP contribution in [0.1, 0.15) is 29.4 Å². The Balaban J connectivity index is 2.18. The number of hydrogen-bond acceptors (Lipinski definition) is 1. The van der Waals surface area contributed by atoms with Gasteiger partial charge in [-0.1, -0.05) is 22.9 Å². The van der Waals surface area contributed by atoms with Gasteiger partial charge in [0.25, 0.3) is 5.91 Å². The molecule has 2 aromatic rings. The molecule has 0 aliphatic carbocycles. The number of nitrogens with one attached hydrogen (secondary N) is 1. The van der Waals surface area contributed by atoms with Gasteiger partial charge in [0.1, 0.15) is 5.69 Å². The minimum atomic E-state index is -0.0732. The smallest absolute Gasteiger partial charge is 0.272 e. The number of nitrogens with zero attached hydrogens (tertiary/aromatic N) is 1. The van der Waals surface area contributed by atoms with Gasteiger partial charge in [0.15, 0.2) is 0 Å². The lowest BCUT2D eigenvalue weighted by Gasteiger charge is -2.09. The molecule has 0 aliphatic heterocycles. The molecule has 0 spiro atoms. The zero-order valence-electron chi connectivity index (χ0n) is 11.1. The summed E-state index contributed by atoms with van der Waals surface area (Å²) in [6, 6.07) is 9.61. The largest absolute Gasteiger partial charge is 0.344 e. The van der Waals surface area contributed by atoms with Crippen LogP contribution in [0.2, 0.25) is 0 Å². The molecule has 0 bridgehead atoms. The van der Waals surface area contributed by atoms with Gasteiger partial charge in [-0.3, -0.25) is 4.79 Å². The summed E-state index contributed by atoms with van der Waals surface area (Å²) < 4.78 is 2.94. The normalized spacial score (nSPS) is 10.5. The Labute approximate surface area is 121 Å². The summed E-state index contributed by atoms with van der Waals surface area (Å²) in [5, 5.41) is 2.94. The van der Waals surface area contributed by atoms with E-state index in [0.717, 1.165) is 28.7 Å². The maximum Gasteiger partial charge on any atom is 0.272 e. The number of carbonyl (C=O) groups excluding carboxylic acids is 1. The van der Waals surface area contributed by atoms with Crippen LogP contribution in [0.25, 0.3) is 0 Å². The highest BCUT2D eigenvalue weighted by Crippen LogP contribution is 2.19. The molecule has 1 N–H and O–H groups in total. The monoisotopic (exact) mass is 320 g/mol. The van der Waals surface area contributed by atoms with Gasteiger partial charge in [-0.25, -0.2) is 0 Å². The van der Waals surface area contributed by atoms with Crippen molar-refractivity contribution in [3.8, 4) is 0 Å². The van der Waals surface area contributed by atoms with Crippen molar-refractivity contribution in [2.24, 2.45) is 0 Å². The first-order valence-corrected chi connectivity index (χ1v) is 7.13. The summed E-state index contributed by atoms with van der Waals surface area (Å²) >= 11 is 3.43. The van der Waals surface area contributed by atoms with Crippen molar-refractivity contribution in [3.05, 3.63) is 52.3 Å². The molecule has 0 fully saturated rings. The number of anilines is 1. The van der Waals surface area contributed by atoms with E-state index in [0.29, 0.717) is 5.69 Å². The molecule has 2 rings (SSSR count). The minimum absolute atomic E-state index is 0.0732. The Bertz CT molecular complexity index is 569. The SMILES string of the molecule is CCCn1cccc1C(=O)Nc1cc(C)cc(Br)c1. The van der Waals surface area contributed by atoms with Crippen LogP contribution in [0, 0.1) is 6.92 Å². The number of carbonyl (C=O) groups is 1. The van der Waals surface area contributed by atoms with Crippen LogP contribution in [-0.4, -0.2) is 10.5 Å². The molecule has 0 saturated heterocycles. The summed E-state index contributed by atoms with van der Waals surface area (Å²) in [6.45, 7) is 4.95. The Morgan fingerprint density at radius 3 is 2.84 bits per heavy atom. The third-order valence-corrected chi connectivity index (χ3v) is 3.28. The van der Waals surface area contributed by atoms with Crippen LogP contribution in [0.5, 0.6) is 0 Å². The molecule has 1 aromatic carbocycles. The third kappa shape index (κ3) is 3.47. The van der Waals surface area contributed by atoms with E-state index in [-0.39, 0.29) is 5.91 Å². The molecular formula is C15H17BrN2O. The molecule has 4 heteroatoms. The maximum absolute atomic E-state index is 12.2. The topological polar surface area (TPSA) is 34.0 Å². The van der Waals surface area contributed by atoms with Crippen LogP contribution in [0.15, 0.2) is 41.0 Å². The average Bonchev–Trinajstić information content (AvgIpc) is 2.76. The summed E-state index contributed by atoms with van der Waals surface area (Å²) in [5.41, 5.74) is 2.61. The van der Waals surface area contributed by atoms with Gasteiger partial charge >= 0.3 is 0 Å². The van der Waals surface area contributed by atoms with Crippen LogP contribution < -0.4 is 5.32 Å². The van der Waals surface area contributed by atoms with E-state index in [2.05, 4.69) is 28.2 Å². The highest BCUT2D eigenvalue weighted by Gasteiger charge is 2.10. The van der Waals surface area contributed by atoms with Crippen molar-refractivity contribution in [2.75, 3.05) is 5.32 Å². The number of rotatable bonds is 4. The summed E-state index contributed by atoms with van der Waals surface area (Å²) in [6.07, 6.45) is 2.94. The molecule has 0 unspecified atom stereocenters. The molecule has 19 heavy (non-hydrogen) atoms. The first-order valence-electron chi connectivity index (χ1n) is 6.34. The summed E-state index contributed by atoms with van der Waals surface area (Å²) in [4.78, 5) is 12.2. The predicted molar refractivity (Wildman–Crippen MR) is 81.6 cm³/mol. The van der Waals surface area contributed by atoms with Crippen molar-refractivity contribution in [3.63, 3.8) is 0 Å². The Hall–Kier alpha value is -1.55. The van der Waals surface area contributed by atoms with Gasteiger partial charge in [0.05, 0.1) is 0 Å². The molecule has 0 atom stereocenters. The van der Waals surface area contributed by atoms with Gasteiger partial charge in [-0.2, -0.15) is 0 Å². The van der Waals surface area contributed by atoms with Gasteiger partial charge in [0, 0.05) is 22.9 Å². The van der Waals surface area contributed by atoms with Crippen molar-refractivity contribution >= 4 is 27.5 Å². The van der Waals surface area contributed by atoms with E-state index in [9.17, 15) is 4.79 Å². The Kier molecular flexibility index (Phi) is 4.43. The molecule has 1 aromatic heterocycles. The van der Waals surface area contributed by atoms with Gasteiger partial charge < -0.3 is 9.88 Å². The number of benzene rings is 1. The van der Waals surface area contributed by atoms with Gasteiger partial charge in [-0.05, 0) is 49.2 Å². The van der Waals surface area contributed by atoms with Crippen LogP contribution in [0.3, 0.4) is 0 Å². The highest BCUT2D eigenvalue weighted by molar-refractivity contribution is 9.10. The fourth-order valence-corrected chi connectivity index (χ4v) is 2.67. The predicted octanol–water partition coefficient (Wildman–Crippen LogP) is 4.22. The molecule has 1 heterocycles. The Morgan fingerprint density at radius 1 is 1.37 bits per heavy atom. The van der Waals surface area contributed by atoms with Crippen molar-refractivity contribution in [2.45, 2.75) is 26.8 Å². The first-order chi connectivity index (χ1) is 9.10. The van der Waals surface area contributed by atoms with E-state index in [1.165, 1.54) is 0 Å². The van der Waals surface area contributed by atoms with Gasteiger partial charge in [0.2, 0.25) is 0 Å². The Morgan fingerprint density at radius 2 is 2.16 bits per heavy atom. The lowest BCUT2D eigenvalue weighted by Crippen LogP contribution is -2.16. The molecule has 0 aliphatic rings. The second kappa shape index (κ2) is 6.06. The quantitative estimate of drug-likeness (QED) is 0.899. The van der Waals surface area contributed by atoms with Crippen LogP contribution in [-0.2, 0) is 6.54 Å². The van der Waals surface area contributed by atoms with Crippen molar-refractivity contribution < 1.29 is 4.79 Å². The molecule has 100 valence electrons. The van der Waals surface area contributed by atoms with Crippen LogP contribution >= 0.6 is 15.9 Å². The number of aromatic nitrogens is 1. The second-order valence-electron chi connectivity index (χ2n) is 4.56. The lowest BCUT2D eigenvalue weighted by atomic mass is 10.2. The number of aryl methyl sites for hydroxylation is 2. The molecule has 0 radical (unpaired) electrons. The molecular weight excluding hydrogens is 304 g/mol. The lowest BCUT2D eigenvalue weighted by molar-refractivity contribution is 0.101. The van der Waals surface area contributed by atoms with E-state index >= 15 is 0 Å². The number of halogens is 1. The van der Waals surface area contributed by atoms with E-state index in [1.807, 2.05) is 48.0 Å². The molecule has 1 amide bonds. The molecule has 0 saturated carbocycles. The first kappa shape index (κ1) is 13.9. The minimum Gasteiger partial charge on any atom is -0.344 e. The summed E-state index contributed by atoms with van der Waals surface area (Å²) in [5.74, 6) is -0.0732. The second-order valence-corrected chi connectivity index (χ2v) is 5.47. The number of hydrogen-bond donors (Lipinski definition) is 1. The zero-order chi connectivity index (χ0) is 13.8. The fraction of sp³-hybridized carbons (Fsp3) is 0.267. The third-order valence-electron chi connectivity index (χ3n) is 2.83. The average molecular weight is 321 g/mol. The van der Waals surface area contributed by atoms with Crippen LogP contribution in [0.4, 0.5) is 5.69 Å². The van der Waals surface area contributed by atoms with E-state index in [4.69, 9.17) is 0 Å². The van der Waals surface area contributed by atoms with E-state index in [1.54, 1.807) is 0 Å². The van der Waals surface area contributed by atoms with Crippen molar-refractivity contribution in [1.82, 2.24) is 4.57 Å². The highest BCUT2D eigenvalue weighted by atomic mass is 79.9. The molecule has 3 nitrogen and oxygen atoms in total. The summed E-state index contributed by atoms with van der Waals surface area (Å²) in [7, 11) is 0. The van der Waals surface area contributed by atoms with E-state index < -0.39 is 0 Å².